The third-order valence-corrected chi connectivity index (χ3v) is 2.47. The van der Waals surface area contributed by atoms with Crippen LogP contribution < -0.4 is 0 Å². The van der Waals surface area contributed by atoms with Crippen LogP contribution in [0.15, 0.2) is 0 Å². The normalized spacial score (nSPS) is 11.2. The van der Waals surface area contributed by atoms with E-state index in [0.717, 1.165) is 0 Å². The summed E-state index contributed by atoms with van der Waals surface area (Å²) in [5, 5.41) is 4.13. The third kappa shape index (κ3) is 1.61. The van der Waals surface area contributed by atoms with Gasteiger partial charge in [-0.05, 0) is 0 Å². The van der Waals surface area contributed by atoms with Crippen LogP contribution in [-0.4, -0.2) is 9.78 Å². The number of hydrogen-bond donors (Lipinski definition) is 0. The van der Waals surface area contributed by atoms with Crippen molar-refractivity contribution < 1.29 is 8.78 Å². The molecule has 0 unspecified atom stereocenters. The predicted molar refractivity (Wildman–Crippen MR) is 45.8 cm³/mol. The fourth-order valence-electron chi connectivity index (χ4n) is 0.866. The molecule has 68 valence electrons. The van der Waals surface area contributed by atoms with Crippen LogP contribution in [0, 0.1) is 0 Å². The number of aromatic nitrogens is 2. The summed E-state index contributed by atoms with van der Waals surface area (Å²) in [6.07, 6.45) is -2.57. The lowest BCUT2D eigenvalue weighted by atomic mass is 10.3. The van der Waals surface area contributed by atoms with Crippen molar-refractivity contribution in [1.82, 2.24) is 9.78 Å². The minimum atomic E-state index is -2.57. The Balaban J connectivity index is 3.20. The fraction of sp³-hybridized carbons (Fsp3) is 0.500. The molecule has 0 N–H and O–H groups in total. The SMILES string of the molecule is Cn1nc(C(F)F)c(CBr)c1Cl. The maximum atomic E-state index is 12.3. The van der Waals surface area contributed by atoms with E-state index in [4.69, 9.17) is 11.6 Å². The molecule has 0 aliphatic carbocycles. The quantitative estimate of drug-likeness (QED) is 0.747. The molecule has 0 spiro atoms. The Morgan fingerprint density at radius 2 is 2.25 bits per heavy atom. The molecule has 2 nitrogen and oxygen atoms in total. The van der Waals surface area contributed by atoms with Gasteiger partial charge in [0.15, 0.2) is 0 Å². The van der Waals surface area contributed by atoms with E-state index in [-0.39, 0.29) is 10.8 Å². The Morgan fingerprint density at radius 3 is 2.58 bits per heavy atom. The summed E-state index contributed by atoms with van der Waals surface area (Å²) in [6.45, 7) is 0. The fourth-order valence-corrected chi connectivity index (χ4v) is 1.78. The van der Waals surface area contributed by atoms with Gasteiger partial charge in [-0.1, -0.05) is 27.5 Å². The molecule has 6 heteroatoms. The third-order valence-electron chi connectivity index (χ3n) is 1.44. The van der Waals surface area contributed by atoms with Crippen molar-refractivity contribution in [3.8, 4) is 0 Å². The second-order valence-electron chi connectivity index (χ2n) is 2.21. The first-order chi connectivity index (χ1) is 5.57. The van der Waals surface area contributed by atoms with Crippen LogP contribution in [0.5, 0.6) is 0 Å². The highest BCUT2D eigenvalue weighted by Crippen LogP contribution is 2.28. The summed E-state index contributed by atoms with van der Waals surface area (Å²) in [5.41, 5.74) is 0.105. The summed E-state index contributed by atoms with van der Waals surface area (Å²) < 4.78 is 25.7. The molecule has 0 atom stereocenters. The van der Waals surface area contributed by atoms with Gasteiger partial charge in [-0.15, -0.1) is 0 Å². The predicted octanol–water partition coefficient (Wildman–Crippen LogP) is 2.91. The van der Waals surface area contributed by atoms with Crippen molar-refractivity contribution in [2.75, 3.05) is 0 Å². The molecule has 0 amide bonds. The number of aryl methyl sites for hydroxylation is 1. The first-order valence-corrected chi connectivity index (χ1v) is 4.63. The highest BCUT2D eigenvalue weighted by atomic mass is 79.9. The molecule has 0 fully saturated rings. The van der Waals surface area contributed by atoms with E-state index in [1.807, 2.05) is 0 Å². The van der Waals surface area contributed by atoms with E-state index in [2.05, 4.69) is 21.0 Å². The van der Waals surface area contributed by atoms with Gasteiger partial charge < -0.3 is 0 Å². The zero-order valence-corrected chi connectivity index (χ0v) is 8.53. The number of rotatable bonds is 2. The van der Waals surface area contributed by atoms with E-state index >= 15 is 0 Å². The minimum Gasteiger partial charge on any atom is -0.256 e. The molecule has 0 aromatic carbocycles. The molecule has 0 radical (unpaired) electrons. The van der Waals surface area contributed by atoms with Crippen molar-refractivity contribution in [2.45, 2.75) is 11.8 Å². The lowest BCUT2D eigenvalue weighted by Gasteiger charge is -1.95. The average molecular weight is 259 g/mol. The summed E-state index contributed by atoms with van der Waals surface area (Å²) in [4.78, 5) is 0. The molecule has 0 bridgehead atoms. The Kier molecular flexibility index (Phi) is 3.06. The molecule has 1 heterocycles. The topological polar surface area (TPSA) is 17.8 Å². The monoisotopic (exact) mass is 258 g/mol. The van der Waals surface area contributed by atoms with Gasteiger partial charge >= 0.3 is 0 Å². The minimum absolute atomic E-state index is 0.251. The number of alkyl halides is 3. The number of nitrogens with zero attached hydrogens (tertiary/aromatic N) is 2. The van der Waals surface area contributed by atoms with Gasteiger partial charge in [0.05, 0.1) is 0 Å². The Bertz CT molecular complexity index is 287. The summed E-state index contributed by atoms with van der Waals surface area (Å²) in [7, 11) is 1.53. The van der Waals surface area contributed by atoms with Crippen molar-refractivity contribution in [3.05, 3.63) is 16.4 Å². The zero-order valence-electron chi connectivity index (χ0n) is 6.19. The van der Waals surface area contributed by atoms with Crippen LogP contribution in [0.1, 0.15) is 17.7 Å². The van der Waals surface area contributed by atoms with Crippen molar-refractivity contribution in [3.63, 3.8) is 0 Å². The van der Waals surface area contributed by atoms with Crippen molar-refractivity contribution in [1.29, 1.82) is 0 Å². The second kappa shape index (κ2) is 3.70. The largest absolute Gasteiger partial charge is 0.282 e. The van der Waals surface area contributed by atoms with E-state index in [1.165, 1.54) is 11.7 Å². The van der Waals surface area contributed by atoms with Gasteiger partial charge in [0.25, 0.3) is 6.43 Å². The van der Waals surface area contributed by atoms with Crippen molar-refractivity contribution >= 4 is 27.5 Å². The lowest BCUT2D eigenvalue weighted by molar-refractivity contribution is 0.144. The second-order valence-corrected chi connectivity index (χ2v) is 3.13. The van der Waals surface area contributed by atoms with Gasteiger partial charge in [0.2, 0.25) is 0 Å². The first kappa shape index (κ1) is 9.92. The molecular weight excluding hydrogens is 253 g/mol. The Labute approximate surface area is 81.6 Å². The molecule has 0 saturated carbocycles. The highest BCUT2D eigenvalue weighted by Gasteiger charge is 2.20. The van der Waals surface area contributed by atoms with Crippen LogP contribution in [-0.2, 0) is 12.4 Å². The molecular formula is C6H6BrClF2N2. The number of hydrogen-bond acceptors (Lipinski definition) is 1. The van der Waals surface area contributed by atoms with E-state index in [0.29, 0.717) is 10.9 Å². The van der Waals surface area contributed by atoms with Crippen LogP contribution in [0.4, 0.5) is 8.78 Å². The van der Waals surface area contributed by atoms with Gasteiger partial charge in [-0.25, -0.2) is 8.78 Å². The van der Waals surface area contributed by atoms with Gasteiger partial charge in [-0.3, -0.25) is 4.68 Å². The molecule has 0 saturated heterocycles. The van der Waals surface area contributed by atoms with Gasteiger partial charge in [-0.2, -0.15) is 5.10 Å². The lowest BCUT2D eigenvalue weighted by Crippen LogP contribution is -1.92. The maximum absolute atomic E-state index is 12.3. The number of halogens is 4. The highest BCUT2D eigenvalue weighted by molar-refractivity contribution is 9.08. The molecule has 12 heavy (non-hydrogen) atoms. The van der Waals surface area contributed by atoms with Crippen LogP contribution in [0.3, 0.4) is 0 Å². The molecule has 1 aromatic heterocycles. The standard InChI is InChI=1S/C6H6BrClF2N2/c1-12-5(8)3(2-7)4(11-12)6(9)10/h6H,2H2,1H3. The zero-order chi connectivity index (χ0) is 9.30. The molecule has 1 rings (SSSR count). The summed E-state index contributed by atoms with van der Waals surface area (Å²) in [6, 6.07) is 0. The average Bonchev–Trinajstić information content (AvgIpc) is 2.29. The van der Waals surface area contributed by atoms with Gasteiger partial charge in [0, 0.05) is 17.9 Å². The smallest absolute Gasteiger partial charge is 0.256 e. The Morgan fingerprint density at radius 1 is 1.67 bits per heavy atom. The molecule has 1 aromatic rings. The van der Waals surface area contributed by atoms with Crippen molar-refractivity contribution in [2.24, 2.45) is 7.05 Å². The van der Waals surface area contributed by atoms with Crippen LogP contribution in [0.2, 0.25) is 5.15 Å². The van der Waals surface area contributed by atoms with Crippen LogP contribution >= 0.6 is 27.5 Å². The Hall–Kier alpha value is -0.160. The summed E-state index contributed by atoms with van der Waals surface area (Å²) in [5.74, 6) is 0. The van der Waals surface area contributed by atoms with Crippen LogP contribution in [0.25, 0.3) is 0 Å². The molecule has 0 aliphatic heterocycles. The summed E-state index contributed by atoms with van der Waals surface area (Å²) >= 11 is 8.76. The maximum Gasteiger partial charge on any atom is 0.282 e. The van der Waals surface area contributed by atoms with E-state index < -0.39 is 6.43 Å². The van der Waals surface area contributed by atoms with E-state index in [1.54, 1.807) is 0 Å². The van der Waals surface area contributed by atoms with Gasteiger partial charge in [0.1, 0.15) is 10.8 Å². The molecule has 0 aliphatic rings. The van der Waals surface area contributed by atoms with E-state index in [9.17, 15) is 8.78 Å². The first-order valence-electron chi connectivity index (χ1n) is 3.13.